The van der Waals surface area contributed by atoms with Gasteiger partial charge in [-0.05, 0) is 42.5 Å². The van der Waals surface area contributed by atoms with Gasteiger partial charge in [0.05, 0.1) is 17.4 Å². The molecule has 1 unspecified atom stereocenters. The van der Waals surface area contributed by atoms with Crippen molar-refractivity contribution >= 4 is 16.0 Å². The first-order chi connectivity index (χ1) is 14.4. The number of carbonyl (C=O) groups excluding carboxylic acids is 1. The lowest BCUT2D eigenvalue weighted by molar-refractivity contribution is -0.145. The lowest BCUT2D eigenvalue weighted by atomic mass is 9.88. The minimum absolute atomic E-state index is 0.221. The topological polar surface area (TPSA) is 63.7 Å². The molecule has 30 heavy (non-hydrogen) atoms. The van der Waals surface area contributed by atoms with Crippen LogP contribution in [0.1, 0.15) is 56.1 Å². The Morgan fingerprint density at radius 3 is 2.30 bits per heavy atom. The Morgan fingerprint density at radius 2 is 1.70 bits per heavy atom. The zero-order chi connectivity index (χ0) is 21.6. The van der Waals surface area contributed by atoms with Crippen LogP contribution in [0.15, 0.2) is 59.5 Å². The van der Waals surface area contributed by atoms with Crippen LogP contribution in [0.5, 0.6) is 0 Å². The molecule has 3 rings (SSSR count). The Labute approximate surface area is 180 Å². The molecule has 1 atom stereocenters. The maximum Gasteiger partial charge on any atom is 0.313 e. The molecule has 0 bridgehead atoms. The highest BCUT2D eigenvalue weighted by atomic mass is 32.2. The Hall–Kier alpha value is -2.18. The number of rotatable bonds is 9. The highest BCUT2D eigenvalue weighted by Crippen LogP contribution is 2.35. The van der Waals surface area contributed by atoms with Gasteiger partial charge >= 0.3 is 5.97 Å². The summed E-state index contributed by atoms with van der Waals surface area (Å²) in [5.41, 5.74) is 1.75. The van der Waals surface area contributed by atoms with Crippen molar-refractivity contribution in [1.29, 1.82) is 0 Å². The van der Waals surface area contributed by atoms with Crippen LogP contribution in [0, 0.1) is 5.92 Å². The van der Waals surface area contributed by atoms with Gasteiger partial charge in [-0.2, -0.15) is 4.31 Å². The fraction of sp³-hybridized carbons (Fsp3) is 0.458. The van der Waals surface area contributed by atoms with E-state index >= 15 is 0 Å². The Kier molecular flexibility index (Phi) is 7.67. The maximum atomic E-state index is 13.0. The minimum Gasteiger partial charge on any atom is -0.466 e. The normalized spacial score (nSPS) is 16.0. The summed E-state index contributed by atoms with van der Waals surface area (Å²) in [5.74, 6) is -0.0344. The quantitative estimate of drug-likeness (QED) is 0.541. The van der Waals surface area contributed by atoms with Gasteiger partial charge in [0.1, 0.15) is 0 Å². The second-order valence-electron chi connectivity index (χ2n) is 8.01. The molecular formula is C24H31NO4S. The summed E-state index contributed by atoms with van der Waals surface area (Å²) < 4.78 is 32.6. The lowest BCUT2D eigenvalue weighted by Crippen LogP contribution is -2.26. The molecule has 0 radical (unpaired) electrons. The van der Waals surface area contributed by atoms with Crippen molar-refractivity contribution in [3.8, 4) is 0 Å². The summed E-state index contributed by atoms with van der Waals surface area (Å²) in [4.78, 5) is 12.8. The van der Waals surface area contributed by atoms with Crippen molar-refractivity contribution < 1.29 is 17.9 Å². The van der Waals surface area contributed by atoms with E-state index in [4.69, 9.17) is 4.74 Å². The fourth-order valence-corrected chi connectivity index (χ4v) is 5.33. The number of esters is 1. The first kappa shape index (κ1) is 22.5. The van der Waals surface area contributed by atoms with Crippen LogP contribution in [0.2, 0.25) is 0 Å². The molecule has 1 aliphatic carbocycles. The van der Waals surface area contributed by atoms with Gasteiger partial charge in [0.25, 0.3) is 0 Å². The van der Waals surface area contributed by atoms with Crippen molar-refractivity contribution in [2.24, 2.45) is 5.92 Å². The van der Waals surface area contributed by atoms with Crippen LogP contribution in [0.4, 0.5) is 0 Å². The molecular weight excluding hydrogens is 398 g/mol. The third-order valence-corrected chi connectivity index (χ3v) is 7.67. The second-order valence-corrected chi connectivity index (χ2v) is 10.1. The Balaban J connectivity index is 1.77. The molecule has 0 heterocycles. The summed E-state index contributed by atoms with van der Waals surface area (Å²) >= 11 is 0. The van der Waals surface area contributed by atoms with Crippen LogP contribution < -0.4 is 0 Å². The van der Waals surface area contributed by atoms with Crippen molar-refractivity contribution in [3.63, 3.8) is 0 Å². The average molecular weight is 430 g/mol. The van der Waals surface area contributed by atoms with E-state index < -0.39 is 10.0 Å². The van der Waals surface area contributed by atoms with Crippen molar-refractivity contribution in [3.05, 3.63) is 65.7 Å². The molecule has 1 fully saturated rings. The number of ether oxygens (including phenoxy) is 1. The Bertz CT molecular complexity index is 919. The molecule has 1 saturated carbocycles. The van der Waals surface area contributed by atoms with E-state index in [1.807, 2.05) is 37.3 Å². The minimum atomic E-state index is -3.62. The van der Waals surface area contributed by atoms with Gasteiger partial charge in [-0.3, -0.25) is 4.79 Å². The van der Waals surface area contributed by atoms with Gasteiger partial charge < -0.3 is 4.74 Å². The number of nitrogens with zero attached hydrogens (tertiary/aromatic N) is 1. The fourth-order valence-electron chi connectivity index (χ4n) is 4.17. The van der Waals surface area contributed by atoms with Gasteiger partial charge in [0.2, 0.25) is 10.0 Å². The molecule has 0 spiro atoms. The standard InChI is InChI=1S/C24H31NO4S/c1-3-29-24(26)23(17-19-9-7-8-10-19)21-13-15-22(16-14-21)30(27,28)25(2)18-20-11-5-4-6-12-20/h4-6,11-16,19,23H,3,7-10,17-18H2,1-2H3. The summed E-state index contributed by atoms with van der Waals surface area (Å²) in [7, 11) is -2.03. The number of benzene rings is 2. The average Bonchev–Trinajstić information content (AvgIpc) is 3.26. The highest BCUT2D eigenvalue weighted by Gasteiger charge is 2.28. The molecule has 0 amide bonds. The molecule has 2 aromatic carbocycles. The zero-order valence-corrected chi connectivity index (χ0v) is 18.6. The summed E-state index contributed by atoms with van der Waals surface area (Å²) in [5, 5.41) is 0. The predicted molar refractivity (Wildman–Crippen MR) is 117 cm³/mol. The Morgan fingerprint density at radius 1 is 1.07 bits per heavy atom. The van der Waals surface area contributed by atoms with Gasteiger partial charge in [-0.15, -0.1) is 0 Å². The monoisotopic (exact) mass is 429 g/mol. The predicted octanol–water partition coefficient (Wildman–Crippen LogP) is 4.73. The van der Waals surface area contributed by atoms with Gasteiger partial charge in [0.15, 0.2) is 0 Å². The van der Waals surface area contributed by atoms with E-state index in [-0.39, 0.29) is 16.8 Å². The van der Waals surface area contributed by atoms with Gasteiger partial charge in [-0.25, -0.2) is 8.42 Å². The molecule has 162 valence electrons. The van der Waals surface area contributed by atoms with Crippen LogP contribution >= 0.6 is 0 Å². The van der Waals surface area contributed by atoms with Crippen LogP contribution in [-0.2, 0) is 26.1 Å². The van der Waals surface area contributed by atoms with E-state index in [0.717, 1.165) is 30.4 Å². The van der Waals surface area contributed by atoms with Gasteiger partial charge in [0, 0.05) is 13.6 Å². The van der Waals surface area contributed by atoms with E-state index in [1.54, 1.807) is 31.3 Å². The first-order valence-electron chi connectivity index (χ1n) is 10.7. The summed E-state index contributed by atoms with van der Waals surface area (Å²) in [6.45, 7) is 2.46. The molecule has 5 nitrogen and oxygen atoms in total. The zero-order valence-electron chi connectivity index (χ0n) is 17.8. The number of sulfonamides is 1. The van der Waals surface area contributed by atoms with Crippen LogP contribution in [-0.4, -0.2) is 32.3 Å². The SMILES string of the molecule is CCOC(=O)C(CC1CCCC1)c1ccc(S(=O)(=O)N(C)Cc2ccccc2)cc1. The highest BCUT2D eigenvalue weighted by molar-refractivity contribution is 7.89. The molecule has 0 saturated heterocycles. The van der Waals surface area contributed by atoms with Crippen molar-refractivity contribution in [2.75, 3.05) is 13.7 Å². The van der Waals surface area contributed by atoms with Crippen LogP contribution in [0.25, 0.3) is 0 Å². The molecule has 6 heteroatoms. The van der Waals surface area contributed by atoms with Crippen LogP contribution in [0.3, 0.4) is 0 Å². The first-order valence-corrected chi connectivity index (χ1v) is 12.1. The molecule has 0 N–H and O–H groups in total. The summed E-state index contributed by atoms with van der Waals surface area (Å²) in [6.07, 6.45) is 5.48. The smallest absolute Gasteiger partial charge is 0.313 e. The maximum absolute atomic E-state index is 13.0. The largest absolute Gasteiger partial charge is 0.466 e. The third kappa shape index (κ3) is 5.49. The van der Waals surface area contributed by atoms with E-state index in [0.29, 0.717) is 19.1 Å². The van der Waals surface area contributed by atoms with Crippen molar-refractivity contribution in [2.45, 2.75) is 56.4 Å². The third-order valence-electron chi connectivity index (χ3n) is 5.85. The van der Waals surface area contributed by atoms with E-state index in [2.05, 4.69) is 0 Å². The molecule has 1 aliphatic rings. The second kappa shape index (κ2) is 10.2. The lowest BCUT2D eigenvalue weighted by Gasteiger charge is -2.21. The van der Waals surface area contributed by atoms with Crippen molar-refractivity contribution in [1.82, 2.24) is 4.31 Å². The number of hydrogen-bond donors (Lipinski definition) is 0. The molecule has 2 aromatic rings. The van der Waals surface area contributed by atoms with E-state index in [9.17, 15) is 13.2 Å². The molecule has 0 aliphatic heterocycles. The number of carbonyl (C=O) groups is 1. The van der Waals surface area contributed by atoms with Gasteiger partial charge in [-0.1, -0.05) is 68.1 Å². The number of hydrogen-bond acceptors (Lipinski definition) is 4. The molecule has 0 aromatic heterocycles. The van der Waals surface area contributed by atoms with E-state index in [1.165, 1.54) is 17.1 Å². The summed E-state index contributed by atoms with van der Waals surface area (Å²) in [6, 6.07) is 16.2.